The number of aryl methyl sites for hydroxylation is 1. The van der Waals surface area contributed by atoms with Gasteiger partial charge < -0.3 is 21.1 Å². The van der Waals surface area contributed by atoms with Crippen molar-refractivity contribution in [1.82, 2.24) is 5.32 Å². The fraction of sp³-hybridized carbons (Fsp3) is 0.263. The van der Waals surface area contributed by atoms with Crippen LogP contribution in [0.15, 0.2) is 53.5 Å². The molecule has 0 fully saturated rings. The summed E-state index contributed by atoms with van der Waals surface area (Å²) in [4.78, 5) is 4.20. The van der Waals surface area contributed by atoms with Crippen LogP contribution < -0.4 is 16.4 Å². The first kappa shape index (κ1) is 20.2. The lowest BCUT2D eigenvalue weighted by Crippen LogP contribution is -2.39. The molecular weight excluding hydrogens is 368 g/mol. The predicted molar refractivity (Wildman–Crippen MR) is 113 cm³/mol. The second-order valence-corrected chi connectivity index (χ2v) is 6.33. The summed E-state index contributed by atoms with van der Waals surface area (Å²) in [5, 5.41) is 6.89. The van der Waals surface area contributed by atoms with Gasteiger partial charge in [0.25, 0.3) is 0 Å². The van der Waals surface area contributed by atoms with Crippen LogP contribution in [-0.2, 0) is 17.8 Å². The largest absolute Gasteiger partial charge is 0.375 e. The summed E-state index contributed by atoms with van der Waals surface area (Å²) in [5.41, 5.74) is 8.84. The first-order valence-electron chi connectivity index (χ1n) is 8.37. The van der Waals surface area contributed by atoms with E-state index >= 15 is 0 Å². The Kier molecular flexibility index (Phi) is 8.34. The van der Waals surface area contributed by atoms with Gasteiger partial charge in [0, 0.05) is 0 Å². The molecule has 0 bridgehead atoms. The number of anilines is 1. The van der Waals surface area contributed by atoms with E-state index in [-0.39, 0.29) is 5.96 Å². The van der Waals surface area contributed by atoms with Gasteiger partial charge in [0.15, 0.2) is 11.1 Å². The van der Waals surface area contributed by atoms with E-state index in [9.17, 15) is 0 Å². The van der Waals surface area contributed by atoms with Crippen molar-refractivity contribution in [1.29, 1.82) is 0 Å². The topological polar surface area (TPSA) is 71.7 Å². The molecule has 0 spiro atoms. The van der Waals surface area contributed by atoms with Gasteiger partial charge in [0.2, 0.25) is 0 Å². The van der Waals surface area contributed by atoms with Gasteiger partial charge in [-0.05, 0) is 35.8 Å². The normalized spacial score (nSPS) is 11.2. The standard InChI is InChI=1S/C19H23ClN4OS/c1-2-15-9-6-10-16(20)17(15)23-19(26)24-18(21)22-11-12-25-13-14-7-4-3-5-8-14/h3-10H,2,11-13H2,1H3,(H4,21,22,23,24,26). The van der Waals surface area contributed by atoms with E-state index in [4.69, 9.17) is 34.3 Å². The molecule has 0 aliphatic heterocycles. The van der Waals surface area contributed by atoms with Gasteiger partial charge in [0.1, 0.15) is 0 Å². The summed E-state index contributed by atoms with van der Waals surface area (Å²) in [6, 6.07) is 15.7. The zero-order valence-corrected chi connectivity index (χ0v) is 16.2. The van der Waals surface area contributed by atoms with Gasteiger partial charge in [-0.15, -0.1) is 0 Å². The minimum absolute atomic E-state index is 0.232. The molecule has 0 saturated carbocycles. The molecule has 7 heteroatoms. The number of hydrogen-bond donors (Lipinski definition) is 3. The fourth-order valence-corrected chi connectivity index (χ4v) is 2.75. The number of thiocarbonyl (C=S) groups is 1. The molecule has 0 aliphatic carbocycles. The Morgan fingerprint density at radius 3 is 2.69 bits per heavy atom. The van der Waals surface area contributed by atoms with Crippen LogP contribution in [0.25, 0.3) is 0 Å². The Hall–Kier alpha value is -2.15. The number of nitrogens with one attached hydrogen (secondary N) is 2. The van der Waals surface area contributed by atoms with Crippen molar-refractivity contribution in [2.24, 2.45) is 10.7 Å². The van der Waals surface area contributed by atoms with Crippen molar-refractivity contribution in [2.45, 2.75) is 20.0 Å². The van der Waals surface area contributed by atoms with Crippen LogP contribution in [0.3, 0.4) is 0 Å². The lowest BCUT2D eigenvalue weighted by molar-refractivity contribution is 0.128. The third-order valence-corrected chi connectivity index (χ3v) is 4.11. The Morgan fingerprint density at radius 2 is 1.96 bits per heavy atom. The van der Waals surface area contributed by atoms with E-state index in [1.165, 1.54) is 0 Å². The maximum atomic E-state index is 6.23. The SMILES string of the molecule is CCc1cccc(Cl)c1NC(=S)NC(N)=NCCOCc1ccccc1. The van der Waals surface area contributed by atoms with Crippen molar-refractivity contribution in [2.75, 3.05) is 18.5 Å². The van der Waals surface area contributed by atoms with Gasteiger partial charge >= 0.3 is 0 Å². The summed E-state index contributed by atoms with van der Waals surface area (Å²) in [6.45, 7) is 3.52. The number of rotatable bonds is 7. The number of aliphatic imine (C=N–C) groups is 1. The van der Waals surface area contributed by atoms with Crippen LogP contribution in [0.4, 0.5) is 5.69 Å². The highest BCUT2D eigenvalue weighted by atomic mass is 35.5. The van der Waals surface area contributed by atoms with Gasteiger partial charge in [-0.25, -0.2) is 0 Å². The quantitative estimate of drug-likeness (QED) is 0.291. The zero-order chi connectivity index (χ0) is 18.8. The van der Waals surface area contributed by atoms with E-state index in [0.717, 1.165) is 23.2 Å². The van der Waals surface area contributed by atoms with Crippen molar-refractivity contribution in [3.05, 3.63) is 64.7 Å². The van der Waals surface area contributed by atoms with Crippen LogP contribution in [0.2, 0.25) is 5.02 Å². The van der Waals surface area contributed by atoms with Gasteiger partial charge in [-0.2, -0.15) is 0 Å². The van der Waals surface area contributed by atoms with Gasteiger partial charge in [-0.3, -0.25) is 4.99 Å². The minimum atomic E-state index is 0.232. The number of para-hydroxylation sites is 1. The number of guanidine groups is 1. The first-order chi connectivity index (χ1) is 12.6. The van der Waals surface area contributed by atoms with Crippen LogP contribution in [0, 0.1) is 0 Å². The summed E-state index contributed by atoms with van der Waals surface area (Å²) in [7, 11) is 0. The van der Waals surface area contributed by atoms with Crippen LogP contribution in [0.5, 0.6) is 0 Å². The Labute approximate surface area is 164 Å². The molecule has 0 unspecified atom stereocenters. The number of halogens is 1. The number of nitrogens with zero attached hydrogens (tertiary/aromatic N) is 1. The molecule has 0 saturated heterocycles. The van der Waals surface area contributed by atoms with Crippen LogP contribution in [0.1, 0.15) is 18.1 Å². The van der Waals surface area contributed by atoms with Crippen molar-refractivity contribution in [3.63, 3.8) is 0 Å². The number of nitrogens with two attached hydrogens (primary N) is 1. The Morgan fingerprint density at radius 1 is 1.19 bits per heavy atom. The molecule has 2 rings (SSSR count). The molecular formula is C19H23ClN4OS. The highest BCUT2D eigenvalue weighted by Gasteiger charge is 2.08. The summed E-state index contributed by atoms with van der Waals surface area (Å²) >= 11 is 11.5. The molecule has 0 amide bonds. The second-order valence-electron chi connectivity index (χ2n) is 5.51. The van der Waals surface area contributed by atoms with E-state index in [2.05, 4.69) is 22.5 Å². The minimum Gasteiger partial charge on any atom is -0.375 e. The smallest absolute Gasteiger partial charge is 0.194 e. The predicted octanol–water partition coefficient (Wildman–Crippen LogP) is 3.72. The van der Waals surface area contributed by atoms with E-state index in [1.54, 1.807) is 0 Å². The molecule has 2 aromatic carbocycles. The number of hydrogen-bond acceptors (Lipinski definition) is 3. The fourth-order valence-electron chi connectivity index (χ4n) is 2.30. The molecule has 0 atom stereocenters. The average molecular weight is 391 g/mol. The number of benzene rings is 2. The lowest BCUT2D eigenvalue weighted by atomic mass is 10.1. The molecule has 138 valence electrons. The average Bonchev–Trinajstić information content (AvgIpc) is 2.64. The Balaban J connectivity index is 1.75. The van der Waals surface area contributed by atoms with E-state index < -0.39 is 0 Å². The van der Waals surface area contributed by atoms with Crippen LogP contribution in [-0.4, -0.2) is 24.2 Å². The molecule has 0 heterocycles. The molecule has 26 heavy (non-hydrogen) atoms. The van der Waals surface area contributed by atoms with E-state index in [0.29, 0.717) is 29.9 Å². The monoisotopic (exact) mass is 390 g/mol. The maximum absolute atomic E-state index is 6.23. The highest BCUT2D eigenvalue weighted by molar-refractivity contribution is 7.80. The molecule has 2 aromatic rings. The summed E-state index contributed by atoms with van der Waals surface area (Å²) in [5.74, 6) is 0.232. The maximum Gasteiger partial charge on any atom is 0.194 e. The zero-order valence-electron chi connectivity index (χ0n) is 14.7. The molecule has 0 aromatic heterocycles. The molecule has 4 N–H and O–H groups in total. The van der Waals surface area contributed by atoms with Crippen molar-refractivity contribution < 1.29 is 4.74 Å². The van der Waals surface area contributed by atoms with Gasteiger partial charge in [-0.1, -0.05) is 61.0 Å². The first-order valence-corrected chi connectivity index (χ1v) is 9.15. The lowest BCUT2D eigenvalue weighted by Gasteiger charge is -2.14. The second kappa shape index (κ2) is 10.8. The number of ether oxygens (including phenoxy) is 1. The van der Waals surface area contributed by atoms with Gasteiger partial charge in [0.05, 0.1) is 30.5 Å². The third kappa shape index (κ3) is 6.63. The van der Waals surface area contributed by atoms with Crippen molar-refractivity contribution >= 4 is 40.6 Å². The summed E-state index contributed by atoms with van der Waals surface area (Å²) in [6.07, 6.45) is 0.841. The van der Waals surface area contributed by atoms with Crippen LogP contribution >= 0.6 is 23.8 Å². The third-order valence-electron chi connectivity index (χ3n) is 3.59. The van der Waals surface area contributed by atoms with Crippen molar-refractivity contribution in [3.8, 4) is 0 Å². The summed E-state index contributed by atoms with van der Waals surface area (Å²) < 4.78 is 5.56. The highest BCUT2D eigenvalue weighted by Crippen LogP contribution is 2.26. The molecule has 5 nitrogen and oxygen atoms in total. The van der Waals surface area contributed by atoms with E-state index in [1.807, 2.05) is 48.5 Å². The Bertz CT molecular complexity index is 752. The molecule has 0 radical (unpaired) electrons. The molecule has 0 aliphatic rings.